The van der Waals surface area contributed by atoms with Gasteiger partial charge < -0.3 is 14.2 Å². The largest absolute Gasteiger partial charge is 0.434 e. The number of hydrogen-bond acceptors (Lipinski definition) is 5. The van der Waals surface area contributed by atoms with Crippen LogP contribution in [-0.4, -0.2) is 23.8 Å². The van der Waals surface area contributed by atoms with E-state index in [2.05, 4.69) is 33.1 Å². The highest BCUT2D eigenvalue weighted by atomic mass is 19.3. The fraction of sp³-hybridized carbons (Fsp3) is 0.263. The Morgan fingerprint density at radius 3 is 2.50 bits per heavy atom. The van der Waals surface area contributed by atoms with Crippen LogP contribution in [0, 0.1) is 13.8 Å². The number of anilines is 1. The molecule has 0 bridgehead atoms. The monoisotopic (exact) mass is 359 g/mol. The van der Waals surface area contributed by atoms with Gasteiger partial charge in [0.15, 0.2) is 0 Å². The Morgan fingerprint density at radius 1 is 1.12 bits per heavy atom. The van der Waals surface area contributed by atoms with Crippen molar-refractivity contribution in [3.05, 3.63) is 59.5 Å². The number of para-hydroxylation sites is 1. The first kappa shape index (κ1) is 17.8. The number of aryl methyl sites for hydroxylation is 2. The molecule has 5 nitrogen and oxygen atoms in total. The third kappa shape index (κ3) is 4.17. The molecule has 0 N–H and O–H groups in total. The minimum atomic E-state index is -2.92. The van der Waals surface area contributed by atoms with Gasteiger partial charge in [0.1, 0.15) is 5.75 Å². The number of benzene rings is 2. The molecule has 7 heteroatoms. The summed E-state index contributed by atoms with van der Waals surface area (Å²) in [4.78, 5) is 6.30. The second kappa shape index (κ2) is 7.51. The van der Waals surface area contributed by atoms with Gasteiger partial charge in [0.05, 0.1) is 12.1 Å². The molecule has 0 aliphatic rings. The average molecular weight is 359 g/mol. The smallest absolute Gasteiger partial charge is 0.387 e. The van der Waals surface area contributed by atoms with E-state index in [9.17, 15) is 8.78 Å². The topological polar surface area (TPSA) is 51.4 Å². The van der Waals surface area contributed by atoms with Crippen molar-refractivity contribution in [3.63, 3.8) is 0 Å². The molecule has 0 unspecified atom stereocenters. The molecule has 1 aromatic heterocycles. The van der Waals surface area contributed by atoms with Crippen molar-refractivity contribution in [1.29, 1.82) is 0 Å². The zero-order valence-electron chi connectivity index (χ0n) is 14.7. The fourth-order valence-corrected chi connectivity index (χ4v) is 2.74. The van der Waals surface area contributed by atoms with E-state index >= 15 is 0 Å². The van der Waals surface area contributed by atoms with Crippen molar-refractivity contribution in [2.24, 2.45) is 0 Å². The number of halogens is 2. The van der Waals surface area contributed by atoms with Crippen LogP contribution in [0.2, 0.25) is 0 Å². The van der Waals surface area contributed by atoms with Gasteiger partial charge in [0, 0.05) is 12.7 Å². The molecule has 26 heavy (non-hydrogen) atoms. The van der Waals surface area contributed by atoms with Crippen molar-refractivity contribution in [2.45, 2.75) is 27.0 Å². The Balaban J connectivity index is 1.80. The highest BCUT2D eigenvalue weighted by Crippen LogP contribution is 2.29. The minimum absolute atomic E-state index is 0.0116. The van der Waals surface area contributed by atoms with Gasteiger partial charge in [-0.3, -0.25) is 0 Å². The molecule has 0 amide bonds. The van der Waals surface area contributed by atoms with Crippen molar-refractivity contribution < 1.29 is 18.0 Å². The Bertz CT molecular complexity index is 876. The number of hydrogen-bond donors (Lipinski definition) is 0. The molecule has 0 spiro atoms. The normalized spacial score (nSPS) is 11.0. The van der Waals surface area contributed by atoms with Crippen LogP contribution >= 0.6 is 0 Å². The highest BCUT2D eigenvalue weighted by molar-refractivity contribution is 5.63. The standard InChI is InChI=1S/C19H19F2N3O2/c1-12-8-13(2)10-14(9-12)24(3)11-17-22-18(23-26-17)15-6-4-5-7-16(15)25-19(20)21/h4-10,19H,11H2,1-3H3. The summed E-state index contributed by atoms with van der Waals surface area (Å²) >= 11 is 0. The van der Waals surface area contributed by atoms with Crippen LogP contribution in [0.5, 0.6) is 5.75 Å². The number of aromatic nitrogens is 2. The summed E-state index contributed by atoms with van der Waals surface area (Å²) in [6.45, 7) is 1.55. The highest BCUT2D eigenvalue weighted by Gasteiger charge is 2.17. The first-order chi connectivity index (χ1) is 12.4. The number of rotatable bonds is 6. The molecular formula is C19H19F2N3O2. The van der Waals surface area contributed by atoms with Gasteiger partial charge in [-0.05, 0) is 49.2 Å². The van der Waals surface area contributed by atoms with E-state index < -0.39 is 6.61 Å². The Hall–Kier alpha value is -2.96. The lowest BCUT2D eigenvalue weighted by atomic mass is 10.1. The molecule has 2 aromatic carbocycles. The molecule has 0 atom stereocenters. The third-order valence-electron chi connectivity index (χ3n) is 3.83. The van der Waals surface area contributed by atoms with Gasteiger partial charge in [-0.2, -0.15) is 13.8 Å². The lowest BCUT2D eigenvalue weighted by Gasteiger charge is -2.18. The Labute approximate surface area is 150 Å². The third-order valence-corrected chi connectivity index (χ3v) is 3.83. The molecule has 3 rings (SSSR count). The molecule has 0 saturated carbocycles. The van der Waals surface area contributed by atoms with E-state index in [0.29, 0.717) is 18.0 Å². The van der Waals surface area contributed by atoms with Gasteiger partial charge in [0.25, 0.3) is 0 Å². The average Bonchev–Trinajstić information content (AvgIpc) is 3.02. The summed E-state index contributed by atoms with van der Waals surface area (Å²) in [6, 6.07) is 12.6. The van der Waals surface area contributed by atoms with Crippen molar-refractivity contribution in [1.82, 2.24) is 10.1 Å². The second-order valence-electron chi connectivity index (χ2n) is 6.09. The summed E-state index contributed by atoms with van der Waals surface area (Å²) in [7, 11) is 1.92. The van der Waals surface area contributed by atoms with Gasteiger partial charge >= 0.3 is 6.61 Å². The summed E-state index contributed by atoms with van der Waals surface area (Å²) in [5.41, 5.74) is 3.72. The molecule has 0 aliphatic carbocycles. The van der Waals surface area contributed by atoms with Crippen LogP contribution in [0.15, 0.2) is 47.0 Å². The quantitative estimate of drug-likeness (QED) is 0.644. The maximum atomic E-state index is 12.6. The molecule has 0 aliphatic heterocycles. The second-order valence-corrected chi connectivity index (χ2v) is 6.09. The van der Waals surface area contributed by atoms with Crippen LogP contribution in [0.4, 0.5) is 14.5 Å². The zero-order chi connectivity index (χ0) is 18.7. The SMILES string of the molecule is Cc1cc(C)cc(N(C)Cc2nc(-c3ccccc3OC(F)F)no2)c1. The lowest BCUT2D eigenvalue weighted by Crippen LogP contribution is -2.16. The lowest BCUT2D eigenvalue weighted by molar-refractivity contribution is -0.0494. The van der Waals surface area contributed by atoms with Gasteiger partial charge in [-0.15, -0.1) is 0 Å². The van der Waals surface area contributed by atoms with E-state index in [-0.39, 0.29) is 11.6 Å². The minimum Gasteiger partial charge on any atom is -0.434 e. The van der Waals surface area contributed by atoms with Crippen LogP contribution in [0.1, 0.15) is 17.0 Å². The van der Waals surface area contributed by atoms with Crippen LogP contribution in [-0.2, 0) is 6.54 Å². The van der Waals surface area contributed by atoms with Gasteiger partial charge in [0.2, 0.25) is 11.7 Å². The Morgan fingerprint density at radius 2 is 1.81 bits per heavy atom. The molecule has 136 valence electrons. The molecule has 0 radical (unpaired) electrons. The van der Waals surface area contributed by atoms with Gasteiger partial charge in [-0.1, -0.05) is 23.4 Å². The number of ether oxygens (including phenoxy) is 1. The fourth-order valence-electron chi connectivity index (χ4n) is 2.74. The van der Waals surface area contributed by atoms with E-state index in [1.165, 1.54) is 6.07 Å². The van der Waals surface area contributed by atoms with E-state index in [0.717, 1.165) is 16.8 Å². The van der Waals surface area contributed by atoms with E-state index in [4.69, 9.17) is 4.52 Å². The van der Waals surface area contributed by atoms with Crippen LogP contribution in [0.25, 0.3) is 11.4 Å². The maximum Gasteiger partial charge on any atom is 0.387 e. The number of nitrogens with zero attached hydrogens (tertiary/aromatic N) is 3. The molecule has 3 aromatic rings. The predicted molar refractivity (Wildman–Crippen MR) is 94.4 cm³/mol. The summed E-state index contributed by atoms with van der Waals surface area (Å²) in [5.74, 6) is 0.607. The zero-order valence-corrected chi connectivity index (χ0v) is 14.7. The maximum absolute atomic E-state index is 12.6. The van der Waals surface area contributed by atoms with Gasteiger partial charge in [-0.25, -0.2) is 0 Å². The van der Waals surface area contributed by atoms with Crippen LogP contribution < -0.4 is 9.64 Å². The first-order valence-electron chi connectivity index (χ1n) is 8.08. The molecule has 0 saturated heterocycles. The van der Waals surface area contributed by atoms with Crippen molar-refractivity contribution in [3.8, 4) is 17.1 Å². The van der Waals surface area contributed by atoms with Crippen molar-refractivity contribution >= 4 is 5.69 Å². The summed E-state index contributed by atoms with van der Waals surface area (Å²) < 4.78 is 34.9. The Kier molecular flexibility index (Phi) is 5.16. The first-order valence-corrected chi connectivity index (χ1v) is 8.08. The molecule has 0 fully saturated rings. The van der Waals surface area contributed by atoms with Crippen molar-refractivity contribution in [2.75, 3.05) is 11.9 Å². The summed E-state index contributed by atoms with van der Waals surface area (Å²) in [6.07, 6.45) is 0. The van der Waals surface area contributed by atoms with Crippen LogP contribution in [0.3, 0.4) is 0 Å². The van der Waals surface area contributed by atoms with E-state index in [1.807, 2.05) is 25.8 Å². The molecule has 1 heterocycles. The molecular weight excluding hydrogens is 340 g/mol. The summed E-state index contributed by atoms with van der Waals surface area (Å²) in [5, 5.41) is 3.90. The van der Waals surface area contributed by atoms with E-state index in [1.54, 1.807) is 18.2 Å². The number of alkyl halides is 2. The predicted octanol–water partition coefficient (Wildman–Crippen LogP) is 4.59.